The number of carbonyl (C=O) groups excluding carboxylic acids is 1. The van der Waals surface area contributed by atoms with Crippen LogP contribution in [0.4, 0.5) is 29.3 Å². The van der Waals surface area contributed by atoms with E-state index in [4.69, 9.17) is 21.1 Å². The Hall–Kier alpha value is -3.60. The SMILES string of the molecule is COCCOCCn1cc(-c2ccc(NC(=O)Nc3ccc(Cl)c(C(F)(F)F)c3)cc2)c2cnccc21. The Kier molecular flexibility index (Phi) is 8.32. The minimum Gasteiger partial charge on any atom is -0.382 e. The van der Waals surface area contributed by atoms with E-state index in [-0.39, 0.29) is 5.69 Å². The Bertz CT molecular complexity index is 1370. The molecule has 0 atom stereocenters. The van der Waals surface area contributed by atoms with Crippen molar-refractivity contribution in [3.05, 3.63) is 77.7 Å². The van der Waals surface area contributed by atoms with Crippen LogP contribution in [-0.2, 0) is 22.2 Å². The molecule has 4 rings (SSSR count). The maximum absolute atomic E-state index is 13.1. The number of fused-ring (bicyclic) bond motifs is 1. The number of nitrogens with zero attached hydrogens (tertiary/aromatic N) is 2. The summed E-state index contributed by atoms with van der Waals surface area (Å²) in [5.41, 5.74) is 2.32. The molecular weight excluding hydrogens is 509 g/mol. The van der Waals surface area contributed by atoms with Gasteiger partial charge in [-0.15, -0.1) is 0 Å². The van der Waals surface area contributed by atoms with Gasteiger partial charge in [-0.1, -0.05) is 23.7 Å². The summed E-state index contributed by atoms with van der Waals surface area (Å²) in [6.07, 6.45) is 0.933. The van der Waals surface area contributed by atoms with Crippen LogP contribution in [0, 0.1) is 0 Å². The topological polar surface area (TPSA) is 77.4 Å². The predicted octanol–water partition coefficient (Wildman–Crippen LogP) is 6.68. The summed E-state index contributed by atoms with van der Waals surface area (Å²) in [5.74, 6) is 0. The Balaban J connectivity index is 1.45. The first-order chi connectivity index (χ1) is 17.8. The Morgan fingerprint density at radius 1 is 1.03 bits per heavy atom. The van der Waals surface area contributed by atoms with Crippen LogP contribution in [0.15, 0.2) is 67.1 Å². The lowest BCUT2D eigenvalue weighted by molar-refractivity contribution is -0.137. The largest absolute Gasteiger partial charge is 0.417 e. The maximum Gasteiger partial charge on any atom is 0.417 e. The van der Waals surface area contributed by atoms with Crippen LogP contribution in [0.3, 0.4) is 0 Å². The molecule has 0 saturated heterocycles. The van der Waals surface area contributed by atoms with Gasteiger partial charge in [0.2, 0.25) is 0 Å². The van der Waals surface area contributed by atoms with Crippen molar-refractivity contribution in [1.29, 1.82) is 0 Å². The summed E-state index contributed by atoms with van der Waals surface area (Å²) in [7, 11) is 1.63. The molecular formula is C26H24ClF3N4O3. The highest BCUT2D eigenvalue weighted by Gasteiger charge is 2.33. The first-order valence-corrected chi connectivity index (χ1v) is 11.7. The molecule has 194 valence electrons. The van der Waals surface area contributed by atoms with Gasteiger partial charge in [0.25, 0.3) is 0 Å². The molecule has 4 aromatic rings. The summed E-state index contributed by atoms with van der Waals surface area (Å²) in [5, 5.41) is 5.55. The number of halogens is 4. The van der Waals surface area contributed by atoms with Gasteiger partial charge in [0.05, 0.1) is 35.9 Å². The summed E-state index contributed by atoms with van der Waals surface area (Å²) < 4.78 is 51.9. The highest BCUT2D eigenvalue weighted by atomic mass is 35.5. The molecule has 0 unspecified atom stereocenters. The molecule has 2 N–H and O–H groups in total. The second-order valence-corrected chi connectivity index (χ2v) is 8.49. The molecule has 0 fully saturated rings. The van der Waals surface area contributed by atoms with E-state index in [2.05, 4.69) is 20.2 Å². The molecule has 7 nitrogen and oxygen atoms in total. The monoisotopic (exact) mass is 532 g/mol. The van der Waals surface area contributed by atoms with Crippen molar-refractivity contribution in [2.24, 2.45) is 0 Å². The fourth-order valence-corrected chi connectivity index (χ4v) is 4.03. The number of hydrogen-bond donors (Lipinski definition) is 2. The van der Waals surface area contributed by atoms with Gasteiger partial charge in [-0.05, 0) is 42.0 Å². The van der Waals surface area contributed by atoms with Crippen LogP contribution >= 0.6 is 11.6 Å². The third-order valence-corrected chi connectivity index (χ3v) is 5.90. The summed E-state index contributed by atoms with van der Waals surface area (Å²) in [6, 6.07) is 11.6. The highest BCUT2D eigenvalue weighted by molar-refractivity contribution is 6.31. The third kappa shape index (κ3) is 6.59. The van der Waals surface area contributed by atoms with E-state index >= 15 is 0 Å². The third-order valence-electron chi connectivity index (χ3n) is 5.57. The number of ether oxygens (including phenoxy) is 2. The molecule has 0 aliphatic heterocycles. The number of carbonyl (C=O) groups is 1. The van der Waals surface area contributed by atoms with Gasteiger partial charge in [-0.3, -0.25) is 4.98 Å². The number of alkyl halides is 3. The minimum atomic E-state index is -4.63. The van der Waals surface area contributed by atoms with E-state index in [0.29, 0.717) is 32.1 Å². The number of aromatic nitrogens is 2. The van der Waals surface area contributed by atoms with Crippen LogP contribution in [0.1, 0.15) is 5.56 Å². The van der Waals surface area contributed by atoms with Gasteiger partial charge in [-0.2, -0.15) is 13.2 Å². The first-order valence-electron chi connectivity index (χ1n) is 11.3. The van der Waals surface area contributed by atoms with Crippen molar-refractivity contribution in [2.45, 2.75) is 12.7 Å². The number of urea groups is 1. The van der Waals surface area contributed by atoms with Crippen molar-refractivity contribution < 1.29 is 27.4 Å². The van der Waals surface area contributed by atoms with E-state index in [9.17, 15) is 18.0 Å². The van der Waals surface area contributed by atoms with Crippen molar-refractivity contribution in [1.82, 2.24) is 9.55 Å². The lowest BCUT2D eigenvalue weighted by Gasteiger charge is -2.12. The Morgan fingerprint density at radius 3 is 2.49 bits per heavy atom. The van der Waals surface area contributed by atoms with Crippen LogP contribution in [0.5, 0.6) is 0 Å². The zero-order valence-corrected chi connectivity index (χ0v) is 20.6. The van der Waals surface area contributed by atoms with Crippen LogP contribution in [-0.4, -0.2) is 42.5 Å². The van der Waals surface area contributed by atoms with E-state index in [1.807, 2.05) is 24.4 Å². The Morgan fingerprint density at radius 2 is 1.76 bits per heavy atom. The number of rotatable bonds is 9. The second-order valence-electron chi connectivity index (χ2n) is 8.08. The molecule has 0 bridgehead atoms. The summed E-state index contributed by atoms with van der Waals surface area (Å²) in [4.78, 5) is 16.6. The number of benzene rings is 2. The number of anilines is 2. The number of methoxy groups -OCH3 is 1. The molecule has 2 aromatic carbocycles. The predicted molar refractivity (Wildman–Crippen MR) is 137 cm³/mol. The molecule has 2 aromatic heterocycles. The number of amides is 2. The van der Waals surface area contributed by atoms with Gasteiger partial charge < -0.3 is 24.7 Å². The van der Waals surface area contributed by atoms with E-state index in [0.717, 1.165) is 34.2 Å². The highest BCUT2D eigenvalue weighted by Crippen LogP contribution is 2.36. The van der Waals surface area contributed by atoms with Crippen LogP contribution in [0.2, 0.25) is 5.02 Å². The smallest absolute Gasteiger partial charge is 0.382 e. The lowest BCUT2D eigenvalue weighted by Crippen LogP contribution is -2.19. The lowest BCUT2D eigenvalue weighted by atomic mass is 10.1. The van der Waals surface area contributed by atoms with Gasteiger partial charge in [-0.25, -0.2) is 4.79 Å². The molecule has 0 aliphatic carbocycles. The minimum absolute atomic E-state index is 0.0302. The van der Waals surface area contributed by atoms with Crippen molar-refractivity contribution >= 4 is 39.9 Å². The molecule has 2 amide bonds. The van der Waals surface area contributed by atoms with Gasteiger partial charge in [0.15, 0.2) is 0 Å². The molecule has 0 aliphatic rings. The number of pyridine rings is 1. The molecule has 0 spiro atoms. The maximum atomic E-state index is 13.1. The molecule has 0 saturated carbocycles. The fourth-order valence-electron chi connectivity index (χ4n) is 3.81. The Labute approximate surface area is 216 Å². The number of hydrogen-bond acceptors (Lipinski definition) is 4. The van der Waals surface area contributed by atoms with Crippen LogP contribution < -0.4 is 10.6 Å². The fraction of sp³-hybridized carbons (Fsp3) is 0.231. The zero-order chi connectivity index (χ0) is 26.4. The van der Waals surface area contributed by atoms with Gasteiger partial charge in [0, 0.05) is 54.6 Å². The molecule has 2 heterocycles. The zero-order valence-electron chi connectivity index (χ0n) is 19.8. The van der Waals surface area contributed by atoms with E-state index in [1.165, 1.54) is 6.07 Å². The van der Waals surface area contributed by atoms with Crippen LogP contribution in [0.25, 0.3) is 22.0 Å². The number of nitrogens with one attached hydrogen (secondary N) is 2. The molecule has 37 heavy (non-hydrogen) atoms. The average Bonchev–Trinajstić information content (AvgIpc) is 3.23. The standard InChI is InChI=1S/C26H24ClF3N4O3/c1-36-12-13-37-11-10-34-16-21(20-15-31-9-8-24(20)34)17-2-4-18(5-3-17)32-25(35)33-19-6-7-23(27)22(14-19)26(28,29)30/h2-9,14-16H,10-13H2,1H3,(H2,32,33,35). The van der Waals surface area contributed by atoms with Crippen molar-refractivity contribution in [3.8, 4) is 11.1 Å². The van der Waals surface area contributed by atoms with Crippen molar-refractivity contribution in [3.63, 3.8) is 0 Å². The molecule has 11 heteroatoms. The summed E-state index contributed by atoms with van der Waals surface area (Å²) >= 11 is 5.63. The summed E-state index contributed by atoms with van der Waals surface area (Å²) in [6.45, 7) is 2.25. The average molecular weight is 533 g/mol. The molecule has 0 radical (unpaired) electrons. The van der Waals surface area contributed by atoms with E-state index in [1.54, 1.807) is 31.6 Å². The van der Waals surface area contributed by atoms with Gasteiger partial charge in [0.1, 0.15) is 0 Å². The van der Waals surface area contributed by atoms with E-state index < -0.39 is 22.8 Å². The normalized spacial score (nSPS) is 11.6. The quantitative estimate of drug-likeness (QED) is 0.236. The second kappa shape index (κ2) is 11.6. The van der Waals surface area contributed by atoms with Crippen molar-refractivity contribution in [2.75, 3.05) is 37.6 Å². The first kappa shape index (κ1) is 26.5. The van der Waals surface area contributed by atoms with Gasteiger partial charge >= 0.3 is 12.2 Å².